The molecule has 128 valence electrons. The topological polar surface area (TPSA) is 99.7 Å². The molecule has 0 bridgehead atoms. The van der Waals surface area contributed by atoms with Crippen molar-refractivity contribution in [2.45, 2.75) is 32.4 Å². The number of carboxylic acids is 1. The molecule has 0 unspecified atom stereocenters. The molecule has 1 aliphatic heterocycles. The maximum absolute atomic E-state index is 12.1. The van der Waals surface area contributed by atoms with Gasteiger partial charge in [0.1, 0.15) is 5.41 Å². The molecule has 2 aromatic rings. The fourth-order valence-corrected chi connectivity index (χ4v) is 3.31. The van der Waals surface area contributed by atoms with E-state index in [4.69, 9.17) is 4.52 Å². The number of hydrogen-bond donors (Lipinski definition) is 2. The molecule has 1 aliphatic rings. The molecule has 0 radical (unpaired) electrons. The van der Waals surface area contributed by atoms with Crippen LogP contribution in [0, 0.1) is 12.3 Å². The van der Waals surface area contributed by atoms with Crippen LogP contribution in [-0.4, -0.2) is 50.4 Å². The Bertz CT molecular complexity index is 703. The van der Waals surface area contributed by atoms with Crippen molar-refractivity contribution in [3.05, 3.63) is 47.6 Å². The molecule has 24 heavy (non-hydrogen) atoms. The molecule has 1 fully saturated rings. The Kier molecular flexibility index (Phi) is 4.64. The summed E-state index contributed by atoms with van der Waals surface area (Å²) in [7, 11) is 0. The summed E-state index contributed by atoms with van der Waals surface area (Å²) in [5, 5.41) is 24.1. The SMILES string of the molecule is Cc1noc(CN2CC[C@H](O)[C@@](Cc3ccccc3)(C(=O)O)C2)n1. The van der Waals surface area contributed by atoms with E-state index in [2.05, 4.69) is 10.1 Å². The van der Waals surface area contributed by atoms with E-state index in [0.717, 1.165) is 5.56 Å². The van der Waals surface area contributed by atoms with Gasteiger partial charge in [-0.3, -0.25) is 9.69 Å². The summed E-state index contributed by atoms with van der Waals surface area (Å²) in [6.45, 7) is 2.95. The number of aliphatic hydroxyl groups is 1. The molecule has 0 aliphatic carbocycles. The minimum atomic E-state index is -1.24. The summed E-state index contributed by atoms with van der Waals surface area (Å²) in [5.41, 5.74) is -0.344. The second-order valence-corrected chi connectivity index (χ2v) is 6.37. The number of benzene rings is 1. The highest BCUT2D eigenvalue weighted by Crippen LogP contribution is 2.35. The van der Waals surface area contributed by atoms with Crippen LogP contribution in [0.3, 0.4) is 0 Å². The van der Waals surface area contributed by atoms with Gasteiger partial charge in [0.2, 0.25) is 5.89 Å². The normalized spacial score (nSPS) is 24.8. The number of carboxylic acid groups (broad SMARTS) is 1. The smallest absolute Gasteiger partial charge is 0.313 e. The van der Waals surface area contributed by atoms with Crippen molar-refractivity contribution in [3.8, 4) is 0 Å². The first kappa shape index (κ1) is 16.6. The zero-order valence-corrected chi connectivity index (χ0v) is 13.6. The summed E-state index contributed by atoms with van der Waals surface area (Å²) in [5.74, 6) is 0.0315. The van der Waals surface area contributed by atoms with Gasteiger partial charge in [-0.1, -0.05) is 35.5 Å². The Morgan fingerprint density at radius 2 is 2.17 bits per heavy atom. The molecule has 7 heteroatoms. The lowest BCUT2D eigenvalue weighted by atomic mass is 9.73. The van der Waals surface area contributed by atoms with E-state index in [0.29, 0.717) is 31.2 Å². The number of aliphatic carboxylic acids is 1. The average molecular weight is 331 g/mol. The van der Waals surface area contributed by atoms with Gasteiger partial charge in [-0.05, 0) is 25.3 Å². The molecule has 1 aromatic carbocycles. The Labute approximate surface area is 139 Å². The lowest BCUT2D eigenvalue weighted by molar-refractivity contribution is -0.163. The molecular formula is C17H21N3O4. The van der Waals surface area contributed by atoms with Crippen molar-refractivity contribution in [2.24, 2.45) is 5.41 Å². The lowest BCUT2D eigenvalue weighted by Crippen LogP contribution is -2.56. The molecule has 7 nitrogen and oxygen atoms in total. The van der Waals surface area contributed by atoms with Gasteiger partial charge in [0.15, 0.2) is 5.82 Å². The first-order valence-corrected chi connectivity index (χ1v) is 7.96. The lowest BCUT2D eigenvalue weighted by Gasteiger charge is -2.43. The van der Waals surface area contributed by atoms with E-state index in [-0.39, 0.29) is 13.0 Å². The van der Waals surface area contributed by atoms with Crippen molar-refractivity contribution in [3.63, 3.8) is 0 Å². The van der Waals surface area contributed by atoms with Crippen LogP contribution in [0.4, 0.5) is 0 Å². The number of aromatic nitrogens is 2. The predicted octanol–water partition coefficient (Wildman–Crippen LogP) is 1.26. The third kappa shape index (κ3) is 3.32. The largest absolute Gasteiger partial charge is 0.481 e. The van der Waals surface area contributed by atoms with Gasteiger partial charge in [0, 0.05) is 13.1 Å². The quantitative estimate of drug-likeness (QED) is 0.850. The molecule has 0 spiro atoms. The minimum absolute atomic E-state index is 0.236. The summed E-state index contributed by atoms with van der Waals surface area (Å²) in [4.78, 5) is 18.2. The van der Waals surface area contributed by atoms with Gasteiger partial charge in [0.05, 0.1) is 12.6 Å². The molecule has 1 aromatic heterocycles. The Balaban J connectivity index is 1.81. The van der Waals surface area contributed by atoms with Crippen molar-refractivity contribution in [2.75, 3.05) is 13.1 Å². The van der Waals surface area contributed by atoms with Crippen LogP contribution in [-0.2, 0) is 17.8 Å². The van der Waals surface area contributed by atoms with Gasteiger partial charge in [-0.15, -0.1) is 0 Å². The number of likely N-dealkylation sites (tertiary alicyclic amines) is 1. The molecule has 1 saturated heterocycles. The molecule has 2 atom stereocenters. The summed E-state index contributed by atoms with van der Waals surface area (Å²) in [6.07, 6.45) is -0.216. The maximum atomic E-state index is 12.1. The van der Waals surface area contributed by atoms with Gasteiger partial charge in [0.25, 0.3) is 0 Å². The van der Waals surface area contributed by atoms with Crippen LogP contribution in [0.2, 0.25) is 0 Å². The first-order valence-electron chi connectivity index (χ1n) is 7.96. The average Bonchev–Trinajstić information content (AvgIpc) is 2.96. The van der Waals surface area contributed by atoms with Crippen LogP contribution >= 0.6 is 0 Å². The van der Waals surface area contributed by atoms with Gasteiger partial charge >= 0.3 is 5.97 Å². The number of aryl methyl sites for hydroxylation is 1. The van der Waals surface area contributed by atoms with Crippen LogP contribution in [0.25, 0.3) is 0 Å². The number of aliphatic hydroxyl groups excluding tert-OH is 1. The van der Waals surface area contributed by atoms with Crippen molar-refractivity contribution < 1.29 is 19.5 Å². The molecule has 2 N–H and O–H groups in total. The minimum Gasteiger partial charge on any atom is -0.481 e. The number of nitrogens with zero attached hydrogens (tertiary/aromatic N) is 3. The van der Waals surface area contributed by atoms with Crippen LogP contribution in [0.15, 0.2) is 34.9 Å². The highest BCUT2D eigenvalue weighted by Gasteiger charge is 2.49. The first-order chi connectivity index (χ1) is 11.5. The molecule has 3 rings (SSSR count). The molecule has 0 amide bonds. The van der Waals surface area contributed by atoms with Crippen LogP contribution in [0.1, 0.15) is 23.7 Å². The van der Waals surface area contributed by atoms with Crippen molar-refractivity contribution in [1.82, 2.24) is 15.0 Å². The Hall–Kier alpha value is -2.25. The van der Waals surface area contributed by atoms with E-state index >= 15 is 0 Å². The number of rotatable bonds is 5. The van der Waals surface area contributed by atoms with Crippen molar-refractivity contribution in [1.29, 1.82) is 0 Å². The van der Waals surface area contributed by atoms with E-state index in [9.17, 15) is 15.0 Å². The molecule has 2 heterocycles. The zero-order chi connectivity index (χ0) is 17.2. The van der Waals surface area contributed by atoms with E-state index in [1.807, 2.05) is 35.2 Å². The fraction of sp³-hybridized carbons (Fsp3) is 0.471. The molecular weight excluding hydrogens is 310 g/mol. The van der Waals surface area contributed by atoms with Crippen LogP contribution < -0.4 is 0 Å². The second kappa shape index (κ2) is 6.70. The summed E-state index contributed by atoms with van der Waals surface area (Å²) >= 11 is 0. The predicted molar refractivity (Wildman–Crippen MR) is 85.2 cm³/mol. The van der Waals surface area contributed by atoms with Gasteiger partial charge in [-0.25, -0.2) is 0 Å². The van der Waals surface area contributed by atoms with Gasteiger partial charge in [-0.2, -0.15) is 4.98 Å². The fourth-order valence-electron chi connectivity index (χ4n) is 3.31. The van der Waals surface area contributed by atoms with Crippen LogP contribution in [0.5, 0.6) is 0 Å². The van der Waals surface area contributed by atoms with E-state index in [1.165, 1.54) is 0 Å². The summed E-state index contributed by atoms with van der Waals surface area (Å²) < 4.78 is 5.13. The summed E-state index contributed by atoms with van der Waals surface area (Å²) in [6, 6.07) is 9.41. The Morgan fingerprint density at radius 3 is 2.79 bits per heavy atom. The van der Waals surface area contributed by atoms with Gasteiger partial charge < -0.3 is 14.7 Å². The maximum Gasteiger partial charge on any atom is 0.313 e. The highest BCUT2D eigenvalue weighted by atomic mass is 16.5. The third-order valence-corrected chi connectivity index (χ3v) is 4.58. The third-order valence-electron chi connectivity index (χ3n) is 4.58. The van der Waals surface area contributed by atoms with E-state index < -0.39 is 17.5 Å². The highest BCUT2D eigenvalue weighted by molar-refractivity contribution is 5.76. The monoisotopic (exact) mass is 331 g/mol. The Morgan fingerprint density at radius 1 is 1.42 bits per heavy atom. The second-order valence-electron chi connectivity index (χ2n) is 6.37. The zero-order valence-electron chi connectivity index (χ0n) is 13.6. The van der Waals surface area contributed by atoms with E-state index in [1.54, 1.807) is 6.92 Å². The standard InChI is InChI=1S/C17H21N3O4/c1-12-18-15(24-19-12)10-20-8-7-14(21)17(11-20,16(22)23)9-13-5-3-2-4-6-13/h2-6,14,21H,7-11H2,1H3,(H,22,23)/t14-,17-/m0/s1. The number of piperidine rings is 1. The molecule has 0 saturated carbocycles. The number of hydrogen-bond acceptors (Lipinski definition) is 6. The number of carbonyl (C=O) groups is 1. The van der Waals surface area contributed by atoms with Crippen molar-refractivity contribution >= 4 is 5.97 Å².